The van der Waals surface area contributed by atoms with E-state index in [1.807, 2.05) is 49.4 Å². The Morgan fingerprint density at radius 1 is 1.13 bits per heavy atom. The summed E-state index contributed by atoms with van der Waals surface area (Å²) in [6.07, 6.45) is 0.588. The van der Waals surface area contributed by atoms with Crippen LogP contribution in [0, 0.1) is 0 Å². The highest BCUT2D eigenvalue weighted by Gasteiger charge is 2.21. The predicted octanol–water partition coefficient (Wildman–Crippen LogP) is 3.05. The molecule has 23 heavy (non-hydrogen) atoms. The van der Waals surface area contributed by atoms with Crippen LogP contribution in [-0.2, 0) is 9.53 Å². The molecule has 0 aromatic heterocycles. The summed E-state index contributed by atoms with van der Waals surface area (Å²) in [4.78, 5) is 26.3. The van der Waals surface area contributed by atoms with E-state index in [1.165, 1.54) is 0 Å². The van der Waals surface area contributed by atoms with Gasteiger partial charge in [-0.05, 0) is 23.8 Å². The summed E-state index contributed by atoms with van der Waals surface area (Å²) in [5, 5.41) is 2.16. The van der Waals surface area contributed by atoms with Gasteiger partial charge < -0.3 is 9.64 Å². The van der Waals surface area contributed by atoms with Crippen molar-refractivity contribution in [1.82, 2.24) is 4.90 Å². The maximum absolute atomic E-state index is 12.3. The van der Waals surface area contributed by atoms with Crippen LogP contribution in [0.1, 0.15) is 30.1 Å². The molecule has 0 unspecified atom stereocenters. The molecule has 0 aliphatic carbocycles. The van der Waals surface area contributed by atoms with E-state index in [4.69, 9.17) is 4.74 Å². The van der Waals surface area contributed by atoms with E-state index in [0.717, 1.165) is 10.8 Å². The summed E-state index contributed by atoms with van der Waals surface area (Å²) in [5.74, 6) is 0.0553. The highest BCUT2D eigenvalue weighted by molar-refractivity contribution is 6.01. The van der Waals surface area contributed by atoms with Crippen molar-refractivity contribution in [3.05, 3.63) is 48.0 Å². The number of rotatable bonds is 4. The fraction of sp³-hybridized carbons (Fsp3) is 0.368. The third-order valence-corrected chi connectivity index (χ3v) is 4.23. The van der Waals surface area contributed by atoms with Crippen molar-refractivity contribution in [2.75, 3.05) is 19.7 Å². The molecule has 1 amide bonds. The number of nitrogens with zero attached hydrogens (tertiary/aromatic N) is 1. The van der Waals surface area contributed by atoms with E-state index in [2.05, 4.69) is 0 Å². The topological polar surface area (TPSA) is 46.6 Å². The normalized spacial score (nSPS) is 18.1. The fourth-order valence-corrected chi connectivity index (χ4v) is 2.93. The number of ether oxygens (including phenoxy) is 1. The molecule has 120 valence electrons. The molecule has 1 fully saturated rings. The van der Waals surface area contributed by atoms with Gasteiger partial charge in [-0.15, -0.1) is 0 Å². The van der Waals surface area contributed by atoms with E-state index in [1.54, 1.807) is 4.90 Å². The molecule has 1 atom stereocenters. The Hall–Kier alpha value is -2.20. The van der Waals surface area contributed by atoms with Crippen LogP contribution >= 0.6 is 0 Å². The van der Waals surface area contributed by atoms with Crippen LogP contribution in [0.5, 0.6) is 0 Å². The summed E-state index contributed by atoms with van der Waals surface area (Å²) in [6.45, 7) is 3.77. The average molecular weight is 311 g/mol. The summed E-state index contributed by atoms with van der Waals surface area (Å²) in [5.41, 5.74) is 0.673. The quantitative estimate of drug-likeness (QED) is 0.815. The van der Waals surface area contributed by atoms with Crippen molar-refractivity contribution in [3.8, 4) is 0 Å². The molecule has 0 spiro atoms. The maximum Gasteiger partial charge on any atom is 0.223 e. The molecule has 0 radical (unpaired) electrons. The molecule has 1 aliphatic heterocycles. The van der Waals surface area contributed by atoms with Crippen LogP contribution in [0.2, 0.25) is 0 Å². The number of fused-ring (bicyclic) bond motifs is 1. The molecule has 0 saturated carbocycles. The zero-order valence-corrected chi connectivity index (χ0v) is 13.3. The van der Waals surface area contributed by atoms with Crippen molar-refractivity contribution in [3.63, 3.8) is 0 Å². The lowest BCUT2D eigenvalue weighted by molar-refractivity contribution is -0.138. The third kappa shape index (κ3) is 3.77. The summed E-state index contributed by atoms with van der Waals surface area (Å²) < 4.78 is 5.43. The Balaban J connectivity index is 1.60. The molecule has 2 aromatic rings. The minimum atomic E-state index is 0.0189. The monoisotopic (exact) mass is 311 g/mol. The fourth-order valence-electron chi connectivity index (χ4n) is 2.93. The molecule has 4 heteroatoms. The van der Waals surface area contributed by atoms with Crippen LogP contribution in [0.3, 0.4) is 0 Å². The van der Waals surface area contributed by atoms with Crippen molar-refractivity contribution >= 4 is 22.5 Å². The molecule has 3 rings (SSSR count). The second-order valence-electron chi connectivity index (χ2n) is 6.01. The van der Waals surface area contributed by atoms with Gasteiger partial charge in [0.1, 0.15) is 0 Å². The smallest absolute Gasteiger partial charge is 0.223 e. The molecule has 0 bridgehead atoms. The van der Waals surface area contributed by atoms with Gasteiger partial charge in [-0.25, -0.2) is 0 Å². The van der Waals surface area contributed by atoms with Crippen molar-refractivity contribution < 1.29 is 14.3 Å². The summed E-state index contributed by atoms with van der Waals surface area (Å²) >= 11 is 0. The Labute approximate surface area is 136 Å². The van der Waals surface area contributed by atoms with Gasteiger partial charge in [0.25, 0.3) is 0 Å². The molecule has 4 nitrogen and oxygen atoms in total. The van der Waals surface area contributed by atoms with E-state index in [-0.39, 0.29) is 30.6 Å². The number of amides is 1. The van der Waals surface area contributed by atoms with E-state index in [0.29, 0.717) is 25.3 Å². The summed E-state index contributed by atoms with van der Waals surface area (Å²) in [7, 11) is 0. The van der Waals surface area contributed by atoms with Crippen LogP contribution in [0.25, 0.3) is 10.8 Å². The third-order valence-electron chi connectivity index (χ3n) is 4.23. The van der Waals surface area contributed by atoms with Crippen LogP contribution < -0.4 is 0 Å². The standard InChI is InChI=1S/C19H21NO3/c1-14-13-20(10-11-23-14)19(22)9-8-18(21)17-7-6-15-4-2-3-5-16(15)12-17/h2-7,12,14H,8-11,13H2,1H3/t14-/m1/s1. The molecule has 1 heterocycles. The maximum atomic E-state index is 12.3. The number of benzene rings is 2. The Morgan fingerprint density at radius 2 is 1.91 bits per heavy atom. The van der Waals surface area contributed by atoms with Gasteiger partial charge in [-0.1, -0.05) is 36.4 Å². The average Bonchev–Trinajstić information content (AvgIpc) is 2.59. The summed E-state index contributed by atoms with van der Waals surface area (Å²) in [6, 6.07) is 13.6. The number of hydrogen-bond donors (Lipinski definition) is 0. The van der Waals surface area contributed by atoms with E-state index >= 15 is 0 Å². The number of carbonyl (C=O) groups excluding carboxylic acids is 2. The SMILES string of the molecule is C[C@@H]1CN(C(=O)CCC(=O)c2ccc3ccccc3c2)CCO1. The van der Waals surface area contributed by atoms with Crippen LogP contribution in [0.4, 0.5) is 0 Å². The molecular formula is C19H21NO3. The second-order valence-corrected chi connectivity index (χ2v) is 6.01. The minimum absolute atomic E-state index is 0.0189. The van der Waals surface area contributed by atoms with E-state index in [9.17, 15) is 9.59 Å². The van der Waals surface area contributed by atoms with Gasteiger partial charge in [0.2, 0.25) is 5.91 Å². The van der Waals surface area contributed by atoms with Crippen molar-refractivity contribution in [1.29, 1.82) is 0 Å². The number of Topliss-reactive ketones (excluding diaryl/α,β-unsaturated/α-hetero) is 1. The van der Waals surface area contributed by atoms with Gasteiger partial charge >= 0.3 is 0 Å². The lowest BCUT2D eigenvalue weighted by Crippen LogP contribution is -2.44. The highest BCUT2D eigenvalue weighted by atomic mass is 16.5. The van der Waals surface area contributed by atoms with Crippen molar-refractivity contribution in [2.24, 2.45) is 0 Å². The molecule has 2 aromatic carbocycles. The molecule has 0 N–H and O–H groups in total. The number of hydrogen-bond acceptors (Lipinski definition) is 3. The van der Waals surface area contributed by atoms with Gasteiger partial charge in [-0.2, -0.15) is 0 Å². The minimum Gasteiger partial charge on any atom is -0.375 e. The molecule has 1 aliphatic rings. The Kier molecular flexibility index (Phi) is 4.72. The number of carbonyl (C=O) groups is 2. The lowest BCUT2D eigenvalue weighted by Gasteiger charge is -2.31. The first-order valence-electron chi connectivity index (χ1n) is 8.05. The predicted molar refractivity (Wildman–Crippen MR) is 89.5 cm³/mol. The van der Waals surface area contributed by atoms with Gasteiger partial charge in [0, 0.05) is 31.5 Å². The van der Waals surface area contributed by atoms with Gasteiger partial charge in [-0.3, -0.25) is 9.59 Å². The van der Waals surface area contributed by atoms with Gasteiger partial charge in [0.05, 0.1) is 12.7 Å². The van der Waals surface area contributed by atoms with E-state index < -0.39 is 0 Å². The first-order valence-corrected chi connectivity index (χ1v) is 8.05. The van der Waals surface area contributed by atoms with Crippen LogP contribution in [-0.4, -0.2) is 42.4 Å². The van der Waals surface area contributed by atoms with Gasteiger partial charge in [0.15, 0.2) is 5.78 Å². The number of morpholine rings is 1. The zero-order valence-electron chi connectivity index (χ0n) is 13.3. The van der Waals surface area contributed by atoms with Crippen LogP contribution in [0.15, 0.2) is 42.5 Å². The largest absolute Gasteiger partial charge is 0.375 e. The molecule has 1 saturated heterocycles. The van der Waals surface area contributed by atoms with Crippen molar-refractivity contribution in [2.45, 2.75) is 25.9 Å². The molecular weight excluding hydrogens is 290 g/mol. The Morgan fingerprint density at radius 3 is 2.70 bits per heavy atom. The number of ketones is 1. The first-order chi connectivity index (χ1) is 11.1. The highest BCUT2D eigenvalue weighted by Crippen LogP contribution is 2.17. The first kappa shape index (κ1) is 15.7. The lowest BCUT2D eigenvalue weighted by atomic mass is 10.0. The second kappa shape index (κ2) is 6.92. The Bertz CT molecular complexity index is 725. The zero-order chi connectivity index (χ0) is 16.2.